The van der Waals surface area contributed by atoms with Gasteiger partial charge in [-0.25, -0.2) is 4.79 Å². The van der Waals surface area contributed by atoms with Crippen molar-refractivity contribution in [3.8, 4) is 0 Å². The van der Waals surface area contributed by atoms with Crippen molar-refractivity contribution >= 4 is 23.4 Å². The summed E-state index contributed by atoms with van der Waals surface area (Å²) in [7, 11) is 0. The minimum absolute atomic E-state index is 0.272. The summed E-state index contributed by atoms with van der Waals surface area (Å²) in [5, 5.41) is 0. The minimum atomic E-state index is -0.527. The van der Waals surface area contributed by atoms with Gasteiger partial charge in [-0.05, 0) is 37.1 Å². The zero-order valence-corrected chi connectivity index (χ0v) is 16.4. The third-order valence-electron chi connectivity index (χ3n) is 5.63. The predicted octanol–water partition coefficient (Wildman–Crippen LogP) is 2.78. The van der Waals surface area contributed by atoms with Gasteiger partial charge in [0.05, 0.1) is 5.92 Å². The van der Waals surface area contributed by atoms with Crippen LogP contribution in [-0.2, 0) is 9.53 Å². The largest absolute Gasteiger partial charge is 0.417 e. The second-order valence-corrected chi connectivity index (χ2v) is 7.49. The number of rotatable bonds is 3. The van der Waals surface area contributed by atoms with Gasteiger partial charge in [0, 0.05) is 63.0 Å². The zero-order valence-electron chi connectivity index (χ0n) is 16.4. The van der Waals surface area contributed by atoms with E-state index < -0.39 is 12.1 Å². The van der Waals surface area contributed by atoms with Gasteiger partial charge in [-0.15, -0.1) is 0 Å². The van der Waals surface area contributed by atoms with Gasteiger partial charge in [-0.1, -0.05) is 18.2 Å². The summed E-state index contributed by atoms with van der Waals surface area (Å²) >= 11 is 0. The summed E-state index contributed by atoms with van der Waals surface area (Å²) in [6.07, 6.45) is 4.66. The number of esters is 1. The van der Waals surface area contributed by atoms with E-state index in [9.17, 15) is 9.59 Å². The van der Waals surface area contributed by atoms with Crippen molar-refractivity contribution in [2.45, 2.75) is 12.8 Å². The number of piperazine rings is 1. The van der Waals surface area contributed by atoms with Gasteiger partial charge >= 0.3 is 12.1 Å². The van der Waals surface area contributed by atoms with Crippen LogP contribution in [0.5, 0.6) is 0 Å². The molecule has 0 radical (unpaired) electrons. The summed E-state index contributed by atoms with van der Waals surface area (Å²) in [5.41, 5.74) is 2.19. The van der Waals surface area contributed by atoms with Gasteiger partial charge < -0.3 is 19.4 Å². The van der Waals surface area contributed by atoms with Gasteiger partial charge in [-0.2, -0.15) is 0 Å². The van der Waals surface area contributed by atoms with Crippen molar-refractivity contribution in [1.82, 2.24) is 9.88 Å². The Bertz CT molecular complexity index is 822. The SMILES string of the molecule is O=C(OC(=O)N1CCN(c2ccncc2)CC1)C1CCCN(c2ccccc2)C1. The Morgan fingerprint density at radius 2 is 1.55 bits per heavy atom. The van der Waals surface area contributed by atoms with Crippen molar-refractivity contribution in [3.05, 3.63) is 54.9 Å². The van der Waals surface area contributed by atoms with Crippen molar-refractivity contribution in [1.29, 1.82) is 0 Å². The highest BCUT2D eigenvalue weighted by molar-refractivity contribution is 5.86. The molecule has 2 fully saturated rings. The summed E-state index contributed by atoms with van der Waals surface area (Å²) < 4.78 is 5.25. The highest BCUT2D eigenvalue weighted by Crippen LogP contribution is 2.24. The molecule has 7 heteroatoms. The molecule has 2 aliphatic heterocycles. The smallest absolute Gasteiger partial charge is 0.376 e. The Labute approximate surface area is 170 Å². The Morgan fingerprint density at radius 1 is 0.862 bits per heavy atom. The third-order valence-corrected chi connectivity index (χ3v) is 5.63. The summed E-state index contributed by atoms with van der Waals surface area (Å²) in [5.74, 6) is -0.682. The molecule has 3 heterocycles. The Hall–Kier alpha value is -3.09. The minimum Gasteiger partial charge on any atom is -0.376 e. The molecular weight excluding hydrogens is 368 g/mol. The lowest BCUT2D eigenvalue weighted by Crippen LogP contribution is -2.50. The highest BCUT2D eigenvalue weighted by Gasteiger charge is 2.31. The lowest BCUT2D eigenvalue weighted by molar-refractivity contribution is -0.143. The van der Waals surface area contributed by atoms with Crippen LogP contribution in [0.4, 0.5) is 16.2 Å². The van der Waals surface area contributed by atoms with Gasteiger partial charge in [0.25, 0.3) is 0 Å². The number of hydrogen-bond acceptors (Lipinski definition) is 6. The number of nitrogens with zero attached hydrogens (tertiary/aromatic N) is 4. The molecule has 0 N–H and O–H groups in total. The number of anilines is 2. The van der Waals surface area contributed by atoms with E-state index in [4.69, 9.17) is 4.74 Å². The van der Waals surface area contributed by atoms with Crippen LogP contribution in [0.25, 0.3) is 0 Å². The number of para-hydroxylation sites is 1. The monoisotopic (exact) mass is 394 g/mol. The number of benzene rings is 1. The Kier molecular flexibility index (Phi) is 5.93. The molecule has 0 bridgehead atoms. The summed E-state index contributed by atoms with van der Waals surface area (Å²) in [6.45, 7) is 3.99. The van der Waals surface area contributed by atoms with Crippen molar-refractivity contribution in [2.24, 2.45) is 5.92 Å². The number of aromatic nitrogens is 1. The average molecular weight is 394 g/mol. The molecule has 7 nitrogen and oxygen atoms in total. The number of piperidine rings is 1. The predicted molar refractivity (Wildman–Crippen MR) is 111 cm³/mol. The van der Waals surface area contributed by atoms with Gasteiger partial charge in [0.2, 0.25) is 0 Å². The van der Waals surface area contributed by atoms with E-state index in [0.29, 0.717) is 32.7 Å². The number of hydrogen-bond donors (Lipinski definition) is 0. The first-order valence-electron chi connectivity index (χ1n) is 10.2. The van der Waals surface area contributed by atoms with Crippen LogP contribution in [0.15, 0.2) is 54.9 Å². The fourth-order valence-electron chi connectivity index (χ4n) is 3.98. The molecule has 0 spiro atoms. The zero-order chi connectivity index (χ0) is 20.1. The number of carbonyl (C=O) groups excluding carboxylic acids is 2. The molecule has 2 aliphatic rings. The van der Waals surface area contributed by atoms with Crippen LogP contribution < -0.4 is 9.80 Å². The number of ether oxygens (including phenoxy) is 1. The van der Waals surface area contributed by atoms with Crippen molar-refractivity contribution in [2.75, 3.05) is 49.1 Å². The highest BCUT2D eigenvalue weighted by atomic mass is 16.6. The third kappa shape index (κ3) is 4.67. The van der Waals surface area contributed by atoms with E-state index in [1.165, 1.54) is 0 Å². The molecule has 2 aromatic rings. The lowest BCUT2D eigenvalue weighted by atomic mass is 9.98. The van der Waals surface area contributed by atoms with Crippen LogP contribution in [0, 0.1) is 5.92 Å². The van der Waals surface area contributed by atoms with Crippen LogP contribution in [0.2, 0.25) is 0 Å². The topological polar surface area (TPSA) is 66.0 Å². The van der Waals surface area contributed by atoms with Crippen LogP contribution >= 0.6 is 0 Å². The Morgan fingerprint density at radius 3 is 2.28 bits per heavy atom. The summed E-state index contributed by atoms with van der Waals surface area (Å²) in [4.78, 5) is 35.1. The van der Waals surface area contributed by atoms with E-state index in [1.54, 1.807) is 17.3 Å². The summed E-state index contributed by atoms with van der Waals surface area (Å²) in [6, 6.07) is 14.0. The first-order chi connectivity index (χ1) is 14.2. The fraction of sp³-hybridized carbons (Fsp3) is 0.409. The van der Waals surface area contributed by atoms with Crippen LogP contribution in [0.3, 0.4) is 0 Å². The molecule has 29 heavy (non-hydrogen) atoms. The van der Waals surface area contributed by atoms with Crippen molar-refractivity contribution in [3.63, 3.8) is 0 Å². The van der Waals surface area contributed by atoms with E-state index in [0.717, 1.165) is 30.8 Å². The number of carbonyl (C=O) groups is 2. The first-order valence-corrected chi connectivity index (χ1v) is 10.2. The molecule has 1 atom stereocenters. The number of pyridine rings is 1. The average Bonchev–Trinajstić information content (AvgIpc) is 2.80. The van der Waals surface area contributed by atoms with Crippen LogP contribution in [-0.4, -0.2) is 61.2 Å². The molecule has 1 unspecified atom stereocenters. The quantitative estimate of drug-likeness (QED) is 0.589. The van der Waals surface area contributed by atoms with E-state index in [-0.39, 0.29) is 5.92 Å². The van der Waals surface area contributed by atoms with Gasteiger partial charge in [0.15, 0.2) is 0 Å². The molecule has 0 aliphatic carbocycles. The van der Waals surface area contributed by atoms with E-state index >= 15 is 0 Å². The van der Waals surface area contributed by atoms with Gasteiger partial charge in [-0.3, -0.25) is 9.78 Å². The fourth-order valence-corrected chi connectivity index (χ4v) is 3.98. The molecule has 1 aromatic carbocycles. The maximum atomic E-state index is 12.6. The van der Waals surface area contributed by atoms with E-state index in [1.807, 2.05) is 42.5 Å². The molecule has 1 amide bonds. The molecule has 1 aromatic heterocycles. The molecule has 4 rings (SSSR count). The normalized spacial score (nSPS) is 19.7. The lowest BCUT2D eigenvalue weighted by Gasteiger charge is -2.36. The molecular formula is C22H26N4O3. The maximum Gasteiger partial charge on any atom is 0.417 e. The van der Waals surface area contributed by atoms with Gasteiger partial charge in [0.1, 0.15) is 0 Å². The van der Waals surface area contributed by atoms with Crippen molar-refractivity contribution < 1.29 is 14.3 Å². The molecule has 2 saturated heterocycles. The standard InChI is InChI=1S/C22H26N4O3/c27-21(18-5-4-12-26(17-18)19-6-2-1-3-7-19)29-22(28)25-15-13-24(14-16-25)20-8-10-23-11-9-20/h1-3,6-11,18H,4-5,12-17H2. The second-order valence-electron chi connectivity index (χ2n) is 7.49. The Balaban J connectivity index is 1.28. The first kappa shape index (κ1) is 19.2. The second kappa shape index (κ2) is 8.94. The maximum absolute atomic E-state index is 12.6. The molecule has 152 valence electrons. The molecule has 0 saturated carbocycles. The van der Waals surface area contributed by atoms with E-state index in [2.05, 4.69) is 14.8 Å². The number of amides is 1. The van der Waals surface area contributed by atoms with Crippen LogP contribution in [0.1, 0.15) is 12.8 Å².